The van der Waals surface area contributed by atoms with Gasteiger partial charge in [0.25, 0.3) is 0 Å². The van der Waals surface area contributed by atoms with E-state index in [4.69, 9.17) is 14.6 Å². The minimum absolute atomic E-state index is 0.0711. The Kier molecular flexibility index (Phi) is 5.94. The number of carbonyl (C=O) groups is 2. The molecule has 30 heavy (non-hydrogen) atoms. The number of nitrogens with one attached hydrogen (secondary N) is 1. The van der Waals surface area contributed by atoms with Crippen LogP contribution in [0.1, 0.15) is 6.42 Å². The van der Waals surface area contributed by atoms with Gasteiger partial charge in [-0.3, -0.25) is 9.59 Å². The SMILES string of the molecule is COc1ccc(N2CC(C(=O)Nc3cc(F)cc(S(N)(=O)=O)c3)CC2=O)c(OC)c1. The van der Waals surface area contributed by atoms with Crippen molar-refractivity contribution in [3.8, 4) is 11.5 Å². The van der Waals surface area contributed by atoms with E-state index in [1.54, 1.807) is 18.2 Å². The highest BCUT2D eigenvalue weighted by molar-refractivity contribution is 7.89. The molecule has 0 saturated carbocycles. The Bertz CT molecular complexity index is 1110. The highest BCUT2D eigenvalue weighted by Crippen LogP contribution is 2.36. The molecular formula is C19H20FN3O6S. The number of hydrogen-bond donors (Lipinski definition) is 2. The van der Waals surface area contributed by atoms with Crippen molar-refractivity contribution in [2.24, 2.45) is 11.1 Å². The molecule has 0 aliphatic carbocycles. The maximum absolute atomic E-state index is 13.7. The van der Waals surface area contributed by atoms with Crippen molar-refractivity contribution in [2.45, 2.75) is 11.3 Å². The maximum atomic E-state index is 13.7. The molecule has 1 unspecified atom stereocenters. The molecule has 2 aromatic carbocycles. The summed E-state index contributed by atoms with van der Waals surface area (Å²) in [6.07, 6.45) is -0.0711. The van der Waals surface area contributed by atoms with E-state index in [0.29, 0.717) is 17.2 Å². The summed E-state index contributed by atoms with van der Waals surface area (Å²) >= 11 is 0. The van der Waals surface area contributed by atoms with Crippen molar-refractivity contribution in [1.29, 1.82) is 0 Å². The molecular weight excluding hydrogens is 417 g/mol. The molecule has 2 aromatic rings. The Morgan fingerprint density at radius 1 is 1.20 bits per heavy atom. The Labute approximate surface area is 172 Å². The van der Waals surface area contributed by atoms with E-state index in [-0.39, 0.29) is 24.6 Å². The van der Waals surface area contributed by atoms with Crippen molar-refractivity contribution < 1.29 is 31.9 Å². The average Bonchev–Trinajstić information content (AvgIpc) is 3.08. The van der Waals surface area contributed by atoms with Crippen LogP contribution in [0, 0.1) is 11.7 Å². The van der Waals surface area contributed by atoms with Gasteiger partial charge in [0.2, 0.25) is 21.8 Å². The van der Waals surface area contributed by atoms with Crippen LogP contribution >= 0.6 is 0 Å². The lowest BCUT2D eigenvalue weighted by atomic mass is 10.1. The second-order valence-corrected chi connectivity index (χ2v) is 8.21. The molecule has 1 aliphatic heterocycles. The molecule has 3 rings (SSSR count). The summed E-state index contributed by atoms with van der Waals surface area (Å²) in [6, 6.07) is 7.71. The Morgan fingerprint density at radius 3 is 2.57 bits per heavy atom. The largest absolute Gasteiger partial charge is 0.497 e. The predicted octanol–water partition coefficient (Wildman–Crippen LogP) is 1.48. The van der Waals surface area contributed by atoms with Crippen LogP contribution in [0.2, 0.25) is 0 Å². The monoisotopic (exact) mass is 437 g/mol. The zero-order chi connectivity index (χ0) is 22.1. The lowest BCUT2D eigenvalue weighted by Crippen LogP contribution is -2.28. The van der Waals surface area contributed by atoms with E-state index in [0.717, 1.165) is 18.2 Å². The number of nitrogens with two attached hydrogens (primary N) is 1. The lowest BCUT2D eigenvalue weighted by Gasteiger charge is -2.20. The number of halogens is 1. The Balaban J connectivity index is 1.79. The van der Waals surface area contributed by atoms with E-state index in [9.17, 15) is 22.4 Å². The minimum atomic E-state index is -4.15. The minimum Gasteiger partial charge on any atom is -0.497 e. The molecule has 160 valence electrons. The molecule has 0 bridgehead atoms. The molecule has 0 radical (unpaired) electrons. The Morgan fingerprint density at radius 2 is 1.93 bits per heavy atom. The fourth-order valence-corrected chi connectivity index (χ4v) is 3.74. The predicted molar refractivity (Wildman–Crippen MR) is 106 cm³/mol. The smallest absolute Gasteiger partial charge is 0.238 e. The highest BCUT2D eigenvalue weighted by atomic mass is 32.2. The van der Waals surface area contributed by atoms with Crippen LogP contribution in [0.5, 0.6) is 11.5 Å². The standard InChI is InChI=1S/C19H20FN3O6S/c1-28-14-3-4-16(17(9-14)29-2)23-10-11(5-18(23)24)19(25)22-13-6-12(20)7-15(8-13)30(21,26)27/h3-4,6-9,11H,5,10H2,1-2H3,(H,22,25)(H2,21,26,27). The number of sulfonamides is 1. The van der Waals surface area contributed by atoms with Crippen molar-refractivity contribution in [2.75, 3.05) is 31.0 Å². The van der Waals surface area contributed by atoms with Gasteiger partial charge in [0, 0.05) is 24.7 Å². The molecule has 1 atom stereocenters. The number of amides is 2. The summed E-state index contributed by atoms with van der Waals surface area (Å²) in [6.45, 7) is 0.0741. The average molecular weight is 437 g/mol. The fourth-order valence-electron chi connectivity index (χ4n) is 3.17. The van der Waals surface area contributed by atoms with E-state index in [2.05, 4.69) is 5.32 Å². The van der Waals surface area contributed by atoms with Gasteiger partial charge >= 0.3 is 0 Å². The number of hydrogen-bond acceptors (Lipinski definition) is 6. The number of nitrogens with zero attached hydrogens (tertiary/aromatic N) is 1. The first kappa shape index (κ1) is 21.5. The van der Waals surface area contributed by atoms with Crippen LogP contribution in [0.15, 0.2) is 41.3 Å². The third-order valence-electron chi connectivity index (χ3n) is 4.64. The summed E-state index contributed by atoms with van der Waals surface area (Å²) in [4.78, 5) is 26.1. The zero-order valence-corrected chi connectivity index (χ0v) is 17.0. The van der Waals surface area contributed by atoms with Crippen LogP contribution < -0.4 is 24.8 Å². The lowest BCUT2D eigenvalue weighted by molar-refractivity contribution is -0.122. The molecule has 0 aromatic heterocycles. The summed E-state index contributed by atoms with van der Waals surface area (Å²) in [7, 11) is -1.19. The quantitative estimate of drug-likeness (QED) is 0.705. The molecule has 11 heteroatoms. The van der Waals surface area contributed by atoms with E-state index >= 15 is 0 Å². The van der Waals surface area contributed by atoms with Gasteiger partial charge in [-0.1, -0.05) is 0 Å². The molecule has 9 nitrogen and oxygen atoms in total. The topological polar surface area (TPSA) is 128 Å². The normalized spacial score (nSPS) is 16.5. The van der Waals surface area contributed by atoms with Gasteiger partial charge in [0.15, 0.2) is 0 Å². The summed E-state index contributed by atoms with van der Waals surface area (Å²) < 4.78 is 47.1. The van der Waals surface area contributed by atoms with Crippen LogP contribution in [-0.2, 0) is 19.6 Å². The van der Waals surface area contributed by atoms with E-state index in [1.165, 1.54) is 19.1 Å². The third kappa shape index (κ3) is 4.52. The van der Waals surface area contributed by atoms with Gasteiger partial charge < -0.3 is 19.7 Å². The van der Waals surface area contributed by atoms with Gasteiger partial charge in [-0.15, -0.1) is 0 Å². The molecule has 1 fully saturated rings. The van der Waals surface area contributed by atoms with Gasteiger partial charge in [-0.2, -0.15) is 0 Å². The first-order valence-electron chi connectivity index (χ1n) is 8.79. The maximum Gasteiger partial charge on any atom is 0.238 e. The van der Waals surface area contributed by atoms with Crippen molar-refractivity contribution in [3.63, 3.8) is 0 Å². The number of rotatable bonds is 6. The summed E-state index contributed by atoms with van der Waals surface area (Å²) in [5.41, 5.74) is 0.415. The molecule has 1 aliphatic rings. The number of primary sulfonamides is 1. The molecule has 1 heterocycles. The summed E-state index contributed by atoms with van der Waals surface area (Å²) in [5.74, 6) is -1.48. The molecule has 0 spiro atoms. The van der Waals surface area contributed by atoms with Crippen LogP contribution in [0.25, 0.3) is 0 Å². The van der Waals surface area contributed by atoms with E-state index in [1.807, 2.05) is 0 Å². The molecule has 2 amide bonds. The number of anilines is 2. The van der Waals surface area contributed by atoms with Gasteiger partial charge in [-0.25, -0.2) is 17.9 Å². The van der Waals surface area contributed by atoms with Gasteiger partial charge in [0.1, 0.15) is 17.3 Å². The first-order valence-corrected chi connectivity index (χ1v) is 10.3. The molecule has 1 saturated heterocycles. The van der Waals surface area contributed by atoms with Gasteiger partial charge in [-0.05, 0) is 30.3 Å². The van der Waals surface area contributed by atoms with Crippen LogP contribution in [0.4, 0.5) is 15.8 Å². The zero-order valence-electron chi connectivity index (χ0n) is 16.2. The van der Waals surface area contributed by atoms with Crippen molar-refractivity contribution in [1.82, 2.24) is 0 Å². The van der Waals surface area contributed by atoms with Crippen LogP contribution in [-0.4, -0.2) is 41.0 Å². The molecule has 3 N–H and O–H groups in total. The Hall–Kier alpha value is -3.18. The second-order valence-electron chi connectivity index (χ2n) is 6.65. The van der Waals surface area contributed by atoms with Crippen LogP contribution in [0.3, 0.4) is 0 Å². The van der Waals surface area contributed by atoms with Gasteiger partial charge in [0.05, 0.1) is 30.7 Å². The fraction of sp³-hybridized carbons (Fsp3) is 0.263. The van der Waals surface area contributed by atoms with Crippen molar-refractivity contribution >= 4 is 33.2 Å². The third-order valence-corrected chi connectivity index (χ3v) is 5.53. The first-order chi connectivity index (χ1) is 14.1. The number of carbonyl (C=O) groups excluding carboxylic acids is 2. The second kappa shape index (κ2) is 8.28. The number of methoxy groups -OCH3 is 2. The number of ether oxygens (including phenoxy) is 2. The van der Waals surface area contributed by atoms with Crippen molar-refractivity contribution in [3.05, 3.63) is 42.2 Å². The van der Waals surface area contributed by atoms with E-state index < -0.39 is 32.6 Å². The highest BCUT2D eigenvalue weighted by Gasteiger charge is 2.36. The number of benzene rings is 2. The summed E-state index contributed by atoms with van der Waals surface area (Å²) in [5, 5.41) is 7.46.